The van der Waals surface area contributed by atoms with Crippen molar-refractivity contribution in [2.75, 3.05) is 20.2 Å². The Labute approximate surface area is 182 Å². The molecular formula is C23H21BrN2O4. The number of halogens is 1. The lowest BCUT2D eigenvalue weighted by Crippen LogP contribution is -2.31. The minimum Gasteiger partial charge on any atom is -0.504 e. The Morgan fingerprint density at radius 2 is 2.07 bits per heavy atom. The van der Waals surface area contributed by atoms with Gasteiger partial charge in [-0.05, 0) is 42.0 Å². The smallest absolute Gasteiger partial charge is 0.336 e. The monoisotopic (exact) mass is 468 g/mol. The molecule has 2 aromatic carbocycles. The lowest BCUT2D eigenvalue weighted by molar-refractivity contribution is 0.0696. The molecule has 0 bridgehead atoms. The molecule has 4 rings (SSSR count). The Hall–Kier alpha value is -2.90. The second-order valence-electron chi connectivity index (χ2n) is 7.15. The van der Waals surface area contributed by atoms with Crippen molar-refractivity contribution in [1.82, 2.24) is 9.88 Å². The molecular weight excluding hydrogens is 448 g/mol. The first-order chi connectivity index (χ1) is 14.4. The van der Waals surface area contributed by atoms with E-state index in [4.69, 9.17) is 9.72 Å². The topological polar surface area (TPSA) is 82.9 Å². The van der Waals surface area contributed by atoms with Crippen molar-refractivity contribution in [2.45, 2.75) is 13.5 Å². The number of aromatic nitrogens is 1. The zero-order valence-electron chi connectivity index (χ0n) is 16.6. The highest BCUT2D eigenvalue weighted by atomic mass is 79.9. The van der Waals surface area contributed by atoms with Crippen LogP contribution in [-0.2, 0) is 6.54 Å². The standard InChI is InChI=1S/C23H21BrN2O4/c1-3-26-11-14(8-13-9-20(30-2)19(27)10-17(13)24)22-16(12-26)21(23(28)29)15-6-4-5-7-18(15)25-22/h4-10,27H,3,11-12H2,1-2H3,(H,28,29)/b14-8-. The first-order valence-electron chi connectivity index (χ1n) is 9.57. The highest BCUT2D eigenvalue weighted by molar-refractivity contribution is 9.10. The fourth-order valence-corrected chi connectivity index (χ4v) is 4.31. The van der Waals surface area contributed by atoms with Gasteiger partial charge in [-0.15, -0.1) is 0 Å². The number of benzene rings is 2. The molecule has 0 spiro atoms. The Morgan fingerprint density at radius 3 is 2.77 bits per heavy atom. The summed E-state index contributed by atoms with van der Waals surface area (Å²) in [7, 11) is 1.50. The van der Waals surface area contributed by atoms with E-state index in [2.05, 4.69) is 27.8 Å². The van der Waals surface area contributed by atoms with Gasteiger partial charge in [-0.25, -0.2) is 9.78 Å². The van der Waals surface area contributed by atoms with E-state index >= 15 is 0 Å². The number of hydrogen-bond acceptors (Lipinski definition) is 5. The quantitative estimate of drug-likeness (QED) is 0.572. The third-order valence-corrected chi connectivity index (χ3v) is 6.05. The highest BCUT2D eigenvalue weighted by Crippen LogP contribution is 2.37. The number of carboxylic acid groups (broad SMARTS) is 1. The summed E-state index contributed by atoms with van der Waals surface area (Å²) in [6.07, 6.45) is 1.97. The molecule has 154 valence electrons. The summed E-state index contributed by atoms with van der Waals surface area (Å²) in [5.74, 6) is -0.538. The number of aromatic hydroxyl groups is 1. The summed E-state index contributed by atoms with van der Waals surface area (Å²) in [6, 6.07) is 10.7. The Bertz CT molecular complexity index is 1190. The van der Waals surface area contributed by atoms with Crippen LogP contribution in [0.1, 0.15) is 34.1 Å². The fourth-order valence-electron chi connectivity index (χ4n) is 3.87. The van der Waals surface area contributed by atoms with Gasteiger partial charge in [0.15, 0.2) is 11.5 Å². The summed E-state index contributed by atoms with van der Waals surface area (Å²) in [5, 5.41) is 20.7. The minimum atomic E-state index is -0.949. The number of rotatable bonds is 4. The van der Waals surface area contributed by atoms with Crippen molar-refractivity contribution < 1.29 is 19.7 Å². The summed E-state index contributed by atoms with van der Waals surface area (Å²) in [4.78, 5) is 19.2. The zero-order valence-corrected chi connectivity index (χ0v) is 18.2. The van der Waals surface area contributed by atoms with Crippen molar-refractivity contribution in [3.8, 4) is 11.5 Å². The van der Waals surface area contributed by atoms with Crippen LogP contribution in [0.15, 0.2) is 40.9 Å². The molecule has 0 amide bonds. The van der Waals surface area contributed by atoms with Gasteiger partial charge >= 0.3 is 5.97 Å². The number of hydrogen-bond donors (Lipinski definition) is 2. The molecule has 1 aliphatic heterocycles. The van der Waals surface area contributed by atoms with Crippen LogP contribution < -0.4 is 4.74 Å². The van der Waals surface area contributed by atoms with Crippen LogP contribution in [0.2, 0.25) is 0 Å². The van der Waals surface area contributed by atoms with Crippen molar-refractivity contribution in [3.63, 3.8) is 0 Å². The van der Waals surface area contributed by atoms with Crippen LogP contribution >= 0.6 is 15.9 Å². The summed E-state index contributed by atoms with van der Waals surface area (Å²) < 4.78 is 5.96. The van der Waals surface area contributed by atoms with Gasteiger partial charge in [0, 0.05) is 28.5 Å². The molecule has 0 atom stereocenters. The van der Waals surface area contributed by atoms with Gasteiger partial charge in [0.05, 0.1) is 23.9 Å². The van der Waals surface area contributed by atoms with Crippen molar-refractivity contribution in [1.29, 1.82) is 0 Å². The number of methoxy groups -OCH3 is 1. The number of phenolic OH excluding ortho intramolecular Hbond substituents is 1. The average molecular weight is 469 g/mol. The van der Waals surface area contributed by atoms with Gasteiger partial charge in [0.1, 0.15) is 0 Å². The van der Waals surface area contributed by atoms with Crippen LogP contribution in [0.4, 0.5) is 0 Å². The summed E-state index contributed by atoms with van der Waals surface area (Å²) in [5.41, 5.74) is 4.13. The Kier molecular flexibility index (Phi) is 5.49. The first-order valence-corrected chi connectivity index (χ1v) is 10.4. The molecule has 0 fully saturated rings. The fraction of sp³-hybridized carbons (Fsp3) is 0.217. The lowest BCUT2D eigenvalue weighted by Gasteiger charge is -2.30. The van der Waals surface area contributed by atoms with Crippen molar-refractivity contribution in [3.05, 3.63) is 63.3 Å². The van der Waals surface area contributed by atoms with E-state index in [0.717, 1.165) is 23.2 Å². The van der Waals surface area contributed by atoms with Crippen LogP contribution in [0.3, 0.4) is 0 Å². The Balaban J connectivity index is 1.98. The zero-order chi connectivity index (χ0) is 21.4. The van der Waals surface area contributed by atoms with Gasteiger partial charge in [-0.2, -0.15) is 0 Å². The average Bonchev–Trinajstić information content (AvgIpc) is 2.73. The van der Waals surface area contributed by atoms with Crippen LogP contribution in [0.5, 0.6) is 11.5 Å². The molecule has 6 nitrogen and oxygen atoms in total. The van der Waals surface area contributed by atoms with E-state index in [-0.39, 0.29) is 5.75 Å². The summed E-state index contributed by atoms with van der Waals surface area (Å²) >= 11 is 3.50. The van der Waals surface area contributed by atoms with E-state index in [1.165, 1.54) is 7.11 Å². The molecule has 0 unspecified atom stereocenters. The molecule has 0 aliphatic carbocycles. The maximum Gasteiger partial charge on any atom is 0.336 e. The number of aromatic carboxylic acids is 1. The Morgan fingerprint density at radius 1 is 1.30 bits per heavy atom. The van der Waals surface area contributed by atoms with Crippen LogP contribution in [0.25, 0.3) is 22.6 Å². The third kappa shape index (κ3) is 3.55. The molecule has 2 N–H and O–H groups in total. The summed E-state index contributed by atoms with van der Waals surface area (Å²) in [6.45, 7) is 4.01. The van der Waals surface area contributed by atoms with Gasteiger partial charge in [-0.3, -0.25) is 4.90 Å². The maximum absolute atomic E-state index is 12.2. The van der Waals surface area contributed by atoms with Gasteiger partial charge < -0.3 is 14.9 Å². The number of nitrogens with zero attached hydrogens (tertiary/aromatic N) is 2. The molecule has 0 saturated carbocycles. The predicted molar refractivity (Wildman–Crippen MR) is 120 cm³/mol. The van der Waals surface area contributed by atoms with E-state index in [1.54, 1.807) is 12.1 Å². The van der Waals surface area contributed by atoms with E-state index < -0.39 is 5.97 Å². The molecule has 0 radical (unpaired) electrons. The SMILES string of the molecule is CCN1C/C(=C/c2cc(OC)c(O)cc2Br)c2nc3ccccc3c(C(=O)O)c2C1. The second kappa shape index (κ2) is 8.08. The minimum absolute atomic E-state index is 0.0445. The van der Waals surface area contributed by atoms with Gasteiger partial charge in [-0.1, -0.05) is 41.1 Å². The molecule has 1 aromatic heterocycles. The van der Waals surface area contributed by atoms with E-state index in [9.17, 15) is 15.0 Å². The van der Waals surface area contributed by atoms with Crippen molar-refractivity contribution in [2.24, 2.45) is 0 Å². The lowest BCUT2D eigenvalue weighted by atomic mass is 9.92. The molecule has 30 heavy (non-hydrogen) atoms. The predicted octanol–water partition coefficient (Wildman–Crippen LogP) is 4.79. The number of pyridine rings is 1. The number of carboxylic acids is 1. The number of carbonyl (C=O) groups is 1. The highest BCUT2D eigenvalue weighted by Gasteiger charge is 2.28. The number of phenols is 1. The van der Waals surface area contributed by atoms with Crippen molar-refractivity contribution >= 4 is 44.5 Å². The molecule has 2 heterocycles. The van der Waals surface area contributed by atoms with Gasteiger partial charge in [0.2, 0.25) is 0 Å². The molecule has 7 heteroatoms. The second-order valence-corrected chi connectivity index (χ2v) is 8.01. The van der Waals surface area contributed by atoms with E-state index in [1.807, 2.05) is 30.3 Å². The normalized spacial score (nSPS) is 15.4. The largest absolute Gasteiger partial charge is 0.504 e. The molecule has 3 aromatic rings. The number of fused-ring (bicyclic) bond motifs is 2. The number of ether oxygens (including phenoxy) is 1. The van der Waals surface area contributed by atoms with Crippen LogP contribution in [0, 0.1) is 0 Å². The first kappa shape index (κ1) is 20.4. The van der Waals surface area contributed by atoms with E-state index in [0.29, 0.717) is 45.5 Å². The van der Waals surface area contributed by atoms with Gasteiger partial charge in [0.25, 0.3) is 0 Å². The number of para-hydroxylation sites is 1. The third-order valence-electron chi connectivity index (χ3n) is 5.36. The van der Waals surface area contributed by atoms with Crippen LogP contribution in [-0.4, -0.2) is 46.3 Å². The maximum atomic E-state index is 12.2. The number of likely N-dealkylation sites (N-methyl/N-ethyl adjacent to an activating group) is 1. The molecule has 1 aliphatic rings. The molecule has 0 saturated heterocycles.